The molecule has 1 aromatic rings. The molecule has 0 saturated heterocycles. The maximum Gasteiger partial charge on any atom is 0.227 e. The van der Waals surface area contributed by atoms with Gasteiger partial charge in [-0.2, -0.15) is 0 Å². The largest absolute Gasteiger partial charge is 0.388 e. The predicted molar refractivity (Wildman–Crippen MR) is 83.7 cm³/mol. The van der Waals surface area contributed by atoms with Crippen LogP contribution in [0.3, 0.4) is 0 Å². The van der Waals surface area contributed by atoms with Gasteiger partial charge in [-0.15, -0.1) is 0 Å². The lowest BCUT2D eigenvalue weighted by atomic mass is 9.96. The zero-order chi connectivity index (χ0) is 15.3. The SMILES string of the molecule is CN(CC1(O)CCCC1)C(=O)C(CN)Cc1ccccc1. The molecule has 1 aliphatic carbocycles. The average molecular weight is 290 g/mol. The van der Waals surface area contributed by atoms with Crippen LogP contribution in [0.2, 0.25) is 0 Å². The summed E-state index contributed by atoms with van der Waals surface area (Å²) >= 11 is 0. The van der Waals surface area contributed by atoms with Crippen molar-refractivity contribution < 1.29 is 9.90 Å². The van der Waals surface area contributed by atoms with Gasteiger partial charge in [0.05, 0.1) is 11.5 Å². The van der Waals surface area contributed by atoms with E-state index in [4.69, 9.17) is 5.73 Å². The maximum absolute atomic E-state index is 12.5. The topological polar surface area (TPSA) is 66.6 Å². The van der Waals surface area contributed by atoms with E-state index >= 15 is 0 Å². The molecule has 1 aromatic carbocycles. The Balaban J connectivity index is 1.95. The third-order valence-corrected chi connectivity index (χ3v) is 4.40. The summed E-state index contributed by atoms with van der Waals surface area (Å²) in [5.74, 6) is -0.191. The van der Waals surface area contributed by atoms with Crippen molar-refractivity contribution >= 4 is 5.91 Å². The first-order valence-electron chi connectivity index (χ1n) is 7.75. The molecule has 0 aliphatic heterocycles. The number of nitrogens with two attached hydrogens (primary N) is 1. The normalized spacial score (nSPS) is 18.4. The second-order valence-electron chi connectivity index (χ2n) is 6.25. The van der Waals surface area contributed by atoms with E-state index < -0.39 is 5.60 Å². The molecule has 0 spiro atoms. The standard InChI is InChI=1S/C17H26N2O2/c1-19(13-17(21)9-5-6-10-17)16(20)15(12-18)11-14-7-3-2-4-8-14/h2-4,7-8,15,21H,5-6,9-13,18H2,1H3. The fourth-order valence-corrected chi connectivity index (χ4v) is 3.19. The highest BCUT2D eigenvalue weighted by atomic mass is 16.3. The molecule has 4 nitrogen and oxygen atoms in total. The first-order chi connectivity index (χ1) is 10.0. The number of hydrogen-bond acceptors (Lipinski definition) is 3. The minimum atomic E-state index is -0.698. The lowest BCUT2D eigenvalue weighted by molar-refractivity contribution is -0.137. The van der Waals surface area contributed by atoms with Gasteiger partial charge in [-0.1, -0.05) is 43.2 Å². The first-order valence-corrected chi connectivity index (χ1v) is 7.75. The molecule has 116 valence electrons. The van der Waals surface area contributed by atoms with Gasteiger partial charge in [0.25, 0.3) is 0 Å². The number of amides is 1. The van der Waals surface area contributed by atoms with Crippen LogP contribution in [0.1, 0.15) is 31.2 Å². The van der Waals surface area contributed by atoms with Crippen LogP contribution >= 0.6 is 0 Å². The van der Waals surface area contributed by atoms with Gasteiger partial charge < -0.3 is 15.7 Å². The third-order valence-electron chi connectivity index (χ3n) is 4.40. The molecule has 1 fully saturated rings. The highest BCUT2D eigenvalue weighted by Gasteiger charge is 2.34. The fourth-order valence-electron chi connectivity index (χ4n) is 3.19. The number of aliphatic hydroxyl groups is 1. The highest BCUT2D eigenvalue weighted by Crippen LogP contribution is 2.30. The van der Waals surface area contributed by atoms with E-state index in [0.29, 0.717) is 19.5 Å². The average Bonchev–Trinajstić information content (AvgIpc) is 2.91. The lowest BCUT2D eigenvalue weighted by Crippen LogP contribution is -2.45. The van der Waals surface area contributed by atoms with Gasteiger partial charge in [0.1, 0.15) is 0 Å². The summed E-state index contributed by atoms with van der Waals surface area (Å²) in [7, 11) is 1.77. The van der Waals surface area contributed by atoms with E-state index in [1.807, 2.05) is 30.3 Å². The third kappa shape index (κ3) is 4.29. The molecule has 4 heteroatoms. The molecule has 0 bridgehead atoms. The molecular formula is C17H26N2O2. The van der Waals surface area contributed by atoms with E-state index in [1.54, 1.807) is 11.9 Å². The van der Waals surface area contributed by atoms with Crippen LogP contribution in [0.5, 0.6) is 0 Å². The van der Waals surface area contributed by atoms with Crippen molar-refractivity contribution in [2.75, 3.05) is 20.1 Å². The molecule has 1 amide bonds. The van der Waals surface area contributed by atoms with Gasteiger partial charge in [-0.05, 0) is 24.8 Å². The highest BCUT2D eigenvalue weighted by molar-refractivity contribution is 5.79. The van der Waals surface area contributed by atoms with Crippen LogP contribution < -0.4 is 5.73 Å². The summed E-state index contributed by atoms with van der Waals surface area (Å²) in [6, 6.07) is 9.93. The Morgan fingerprint density at radius 2 is 1.95 bits per heavy atom. The number of carbonyl (C=O) groups is 1. The minimum absolute atomic E-state index is 0.0293. The summed E-state index contributed by atoms with van der Waals surface area (Å²) in [6.45, 7) is 0.744. The molecule has 1 atom stereocenters. The number of hydrogen-bond donors (Lipinski definition) is 2. The zero-order valence-electron chi connectivity index (χ0n) is 12.8. The monoisotopic (exact) mass is 290 g/mol. The van der Waals surface area contributed by atoms with Gasteiger partial charge in [-0.25, -0.2) is 0 Å². The van der Waals surface area contributed by atoms with Crippen molar-refractivity contribution in [3.63, 3.8) is 0 Å². The molecule has 1 unspecified atom stereocenters. The maximum atomic E-state index is 12.5. The number of nitrogens with zero attached hydrogens (tertiary/aromatic N) is 1. The van der Waals surface area contributed by atoms with Crippen molar-refractivity contribution in [1.29, 1.82) is 0 Å². The van der Waals surface area contributed by atoms with Crippen LogP contribution in [-0.4, -0.2) is 41.7 Å². The van der Waals surface area contributed by atoms with Gasteiger partial charge in [0, 0.05) is 20.1 Å². The minimum Gasteiger partial charge on any atom is -0.388 e. The Morgan fingerprint density at radius 3 is 2.52 bits per heavy atom. The Kier molecular flexibility index (Phi) is 5.37. The lowest BCUT2D eigenvalue weighted by Gasteiger charge is -2.30. The summed E-state index contributed by atoms with van der Waals surface area (Å²) in [5, 5.41) is 10.4. The number of benzene rings is 1. The molecule has 1 aliphatic rings. The van der Waals surface area contributed by atoms with Crippen molar-refractivity contribution in [2.45, 2.75) is 37.7 Å². The van der Waals surface area contributed by atoms with Crippen LogP contribution in [0, 0.1) is 5.92 Å². The predicted octanol–water partition coefficient (Wildman–Crippen LogP) is 1.57. The van der Waals surface area contributed by atoms with Crippen molar-refractivity contribution in [2.24, 2.45) is 11.7 Å². The zero-order valence-corrected chi connectivity index (χ0v) is 12.8. The summed E-state index contributed by atoms with van der Waals surface area (Å²) < 4.78 is 0. The Labute approximate surface area is 126 Å². The van der Waals surface area contributed by atoms with E-state index in [-0.39, 0.29) is 11.8 Å². The van der Waals surface area contributed by atoms with Crippen molar-refractivity contribution in [3.05, 3.63) is 35.9 Å². The molecule has 0 aromatic heterocycles. The van der Waals surface area contributed by atoms with E-state index in [1.165, 1.54) is 0 Å². The van der Waals surface area contributed by atoms with E-state index in [0.717, 1.165) is 31.2 Å². The molecule has 3 N–H and O–H groups in total. The summed E-state index contributed by atoms with van der Waals surface area (Å²) in [4.78, 5) is 14.2. The van der Waals surface area contributed by atoms with Gasteiger partial charge in [-0.3, -0.25) is 4.79 Å². The second kappa shape index (κ2) is 7.05. The van der Waals surface area contributed by atoms with Gasteiger partial charge in [0.2, 0.25) is 5.91 Å². The van der Waals surface area contributed by atoms with E-state index in [9.17, 15) is 9.90 Å². The second-order valence-corrected chi connectivity index (χ2v) is 6.25. The number of rotatable bonds is 6. The molecule has 1 saturated carbocycles. The van der Waals surface area contributed by atoms with Crippen LogP contribution in [0.15, 0.2) is 30.3 Å². The quantitative estimate of drug-likeness (QED) is 0.835. The van der Waals surface area contributed by atoms with Crippen LogP contribution in [0.25, 0.3) is 0 Å². The summed E-state index contributed by atoms with van der Waals surface area (Å²) in [5.41, 5.74) is 6.21. The van der Waals surface area contributed by atoms with E-state index in [2.05, 4.69) is 0 Å². The first kappa shape index (κ1) is 16.0. The molecular weight excluding hydrogens is 264 g/mol. The number of carbonyl (C=O) groups excluding carboxylic acids is 1. The van der Waals surface area contributed by atoms with Gasteiger partial charge >= 0.3 is 0 Å². The van der Waals surface area contributed by atoms with Crippen molar-refractivity contribution in [3.8, 4) is 0 Å². The molecule has 21 heavy (non-hydrogen) atoms. The Hall–Kier alpha value is -1.39. The van der Waals surface area contributed by atoms with Crippen molar-refractivity contribution in [1.82, 2.24) is 4.90 Å². The van der Waals surface area contributed by atoms with Crippen LogP contribution in [-0.2, 0) is 11.2 Å². The Morgan fingerprint density at radius 1 is 1.33 bits per heavy atom. The molecule has 0 heterocycles. The van der Waals surface area contributed by atoms with Gasteiger partial charge in [0.15, 0.2) is 0 Å². The smallest absolute Gasteiger partial charge is 0.227 e. The van der Waals surface area contributed by atoms with Crippen LogP contribution in [0.4, 0.5) is 0 Å². The fraction of sp³-hybridized carbons (Fsp3) is 0.588. The molecule has 0 radical (unpaired) electrons. The molecule has 2 rings (SSSR count). The Bertz CT molecular complexity index is 455. The number of likely N-dealkylation sites (N-methyl/N-ethyl adjacent to an activating group) is 1. The summed E-state index contributed by atoms with van der Waals surface area (Å²) in [6.07, 6.45) is 4.32.